The summed E-state index contributed by atoms with van der Waals surface area (Å²) in [6.45, 7) is 6.76. The molecule has 0 aromatic rings. The molecule has 1 N–H and O–H groups in total. The van der Waals surface area contributed by atoms with Crippen LogP contribution in [0.5, 0.6) is 0 Å². The van der Waals surface area contributed by atoms with E-state index in [9.17, 15) is 19.0 Å². The molecule has 9 nitrogen and oxygen atoms in total. The number of allylic oxidation sites excluding steroid dienone is 11. The number of unbranched alkanes of at least 4 members (excludes halogenated alkanes) is 25. The van der Waals surface area contributed by atoms with Gasteiger partial charge < -0.3 is 28.5 Å². The highest BCUT2D eigenvalue weighted by Gasteiger charge is 2.27. The van der Waals surface area contributed by atoms with Crippen LogP contribution in [-0.2, 0) is 27.9 Å². The molecule has 0 radical (unpaired) electrons. The topological polar surface area (TPSA) is 114 Å². The number of nitrogens with one attached hydrogen (secondary N) is 1. The number of hydrogen-bond donors (Lipinski definition) is 1. The Morgan fingerprint density at radius 1 is 0.500 bits per heavy atom. The molecule has 0 aliphatic heterocycles. The molecule has 0 saturated carbocycles. The molecule has 0 aromatic carbocycles. The normalized spacial score (nSPS) is 14.3. The molecule has 70 heavy (non-hydrogen) atoms. The maximum atomic E-state index is 13.5. The van der Waals surface area contributed by atoms with Crippen LogP contribution in [0.1, 0.15) is 245 Å². The number of carbonyl (C=O) groups is 2. The van der Waals surface area contributed by atoms with Crippen LogP contribution >= 0.6 is 7.82 Å². The molecule has 0 aliphatic carbocycles. The number of likely N-dealkylation sites (N-methyl/N-ethyl adjacent to an activating group) is 1. The Morgan fingerprint density at radius 3 is 1.34 bits per heavy atom. The number of nitrogens with zero attached hydrogens (tertiary/aromatic N) is 1. The summed E-state index contributed by atoms with van der Waals surface area (Å²) in [4.78, 5) is 39.8. The molecule has 0 aromatic heterocycles. The molecule has 0 fully saturated rings. The minimum atomic E-state index is -4.71. The van der Waals surface area contributed by atoms with Gasteiger partial charge in [0.2, 0.25) is 5.91 Å². The molecular weight excluding hydrogens is 892 g/mol. The van der Waals surface area contributed by atoms with Crippen LogP contribution in [0.15, 0.2) is 72.9 Å². The molecule has 0 bridgehead atoms. The van der Waals surface area contributed by atoms with E-state index in [1.807, 2.05) is 33.3 Å². The Balaban J connectivity index is 5.39. The Kier molecular flexibility index (Phi) is 48.2. The van der Waals surface area contributed by atoms with Crippen molar-refractivity contribution in [2.45, 2.75) is 258 Å². The Hall–Kier alpha value is -2.55. The van der Waals surface area contributed by atoms with Crippen LogP contribution in [0, 0.1) is 0 Å². The number of ether oxygens (including phenoxy) is 1. The van der Waals surface area contributed by atoms with Gasteiger partial charge in [0.05, 0.1) is 33.8 Å². The largest absolute Gasteiger partial charge is 0.756 e. The number of amides is 1. The average Bonchev–Trinajstić information content (AvgIpc) is 3.32. The van der Waals surface area contributed by atoms with E-state index in [1.165, 1.54) is 116 Å². The number of phosphoric ester groups is 1. The third-order valence-corrected chi connectivity index (χ3v) is 13.3. The van der Waals surface area contributed by atoms with Gasteiger partial charge in [-0.2, -0.15) is 0 Å². The van der Waals surface area contributed by atoms with Crippen molar-refractivity contribution >= 4 is 19.7 Å². The quantitative estimate of drug-likeness (QED) is 0.0212. The van der Waals surface area contributed by atoms with Crippen molar-refractivity contribution in [1.82, 2.24) is 5.32 Å². The van der Waals surface area contributed by atoms with Crippen molar-refractivity contribution in [3.63, 3.8) is 0 Å². The summed E-state index contributed by atoms with van der Waals surface area (Å²) in [7, 11) is 1.15. The lowest BCUT2D eigenvalue weighted by Gasteiger charge is -2.30. The van der Waals surface area contributed by atoms with Crippen molar-refractivity contribution in [3.05, 3.63) is 72.9 Å². The van der Waals surface area contributed by atoms with Crippen LogP contribution < -0.4 is 10.2 Å². The molecule has 3 unspecified atom stereocenters. The first-order chi connectivity index (χ1) is 33.9. The lowest BCUT2D eigenvalue weighted by atomic mass is 10.1. The van der Waals surface area contributed by atoms with Crippen molar-refractivity contribution in [2.24, 2.45) is 0 Å². The first kappa shape index (κ1) is 67.5. The number of phosphoric acid groups is 1. The molecule has 0 rings (SSSR count). The van der Waals surface area contributed by atoms with Crippen LogP contribution in [0.3, 0.4) is 0 Å². The van der Waals surface area contributed by atoms with Gasteiger partial charge in [-0.1, -0.05) is 203 Å². The minimum absolute atomic E-state index is 0.0333. The highest BCUT2D eigenvalue weighted by Crippen LogP contribution is 2.38. The van der Waals surface area contributed by atoms with E-state index >= 15 is 0 Å². The standard InChI is InChI=1S/C60H109N2O7P/c1-7-10-13-16-19-22-25-27-29-30-31-32-33-34-37-40-43-46-49-52-59(63)61-57(56-68-70(65,66)67-55-54-62(4,5)6)58(51-48-45-42-39-36-24-21-18-15-12-9-3)69-60(64)53-50-47-44-41-38-35-28-26-23-20-17-14-11-8-2/h19,22,27,29,31-32,34-35,37-38,48,51,57-58H,7-18,20-21,23-26,28,30,33,36,39-47,49-50,52-56H2,1-6H3,(H-,61,63,65,66)/b22-19-,29-27-,32-31-,37-34-,38-35-,51-48-. The number of hydrogen-bond acceptors (Lipinski definition) is 7. The Bertz CT molecular complexity index is 1430. The Labute approximate surface area is 432 Å². The SMILES string of the molecule is CCCCC/C=C\C/C=C\C/C=C\C/C=C\CCCCCC(=O)NC(COP(=O)([O-])OCC[N+](C)(C)C)C(/C=C\CCCCCCCCCCC)OC(=O)CCCCC/C=C\CCCCCCCCC. The van der Waals surface area contributed by atoms with Crippen LogP contribution in [-0.4, -0.2) is 69.4 Å². The van der Waals surface area contributed by atoms with Crippen LogP contribution in [0.25, 0.3) is 0 Å². The molecule has 3 atom stereocenters. The third kappa shape index (κ3) is 50.4. The number of carbonyl (C=O) groups excluding carboxylic acids is 2. The maximum Gasteiger partial charge on any atom is 0.306 e. The monoisotopic (exact) mass is 1000 g/mol. The second-order valence-corrected chi connectivity index (χ2v) is 21.8. The second kappa shape index (κ2) is 50.0. The van der Waals surface area contributed by atoms with E-state index < -0.39 is 26.6 Å². The molecule has 406 valence electrons. The third-order valence-electron chi connectivity index (χ3n) is 12.4. The molecule has 0 saturated heterocycles. The van der Waals surface area contributed by atoms with E-state index in [0.717, 1.165) is 83.5 Å². The number of rotatable bonds is 51. The molecule has 10 heteroatoms. The maximum absolute atomic E-state index is 13.5. The lowest BCUT2D eigenvalue weighted by molar-refractivity contribution is -0.870. The van der Waals surface area contributed by atoms with Crippen LogP contribution in [0.4, 0.5) is 0 Å². The van der Waals surface area contributed by atoms with Crippen molar-refractivity contribution in [1.29, 1.82) is 0 Å². The predicted octanol–water partition coefficient (Wildman–Crippen LogP) is 16.6. The Morgan fingerprint density at radius 2 is 0.871 bits per heavy atom. The zero-order chi connectivity index (χ0) is 51.5. The van der Waals surface area contributed by atoms with Crippen molar-refractivity contribution < 1.29 is 37.3 Å². The van der Waals surface area contributed by atoms with Gasteiger partial charge in [-0.05, 0) is 102 Å². The van der Waals surface area contributed by atoms with Gasteiger partial charge in [0.1, 0.15) is 19.3 Å². The highest BCUT2D eigenvalue weighted by molar-refractivity contribution is 7.45. The molecule has 1 amide bonds. The molecular formula is C60H109N2O7P. The predicted molar refractivity (Wildman–Crippen MR) is 298 cm³/mol. The molecule has 0 aliphatic rings. The van der Waals surface area contributed by atoms with E-state index in [4.69, 9.17) is 13.8 Å². The summed E-state index contributed by atoms with van der Waals surface area (Å²) in [5.41, 5.74) is 0. The van der Waals surface area contributed by atoms with Gasteiger partial charge in [-0.3, -0.25) is 14.2 Å². The lowest BCUT2D eigenvalue weighted by Crippen LogP contribution is -2.47. The van der Waals surface area contributed by atoms with E-state index in [-0.39, 0.29) is 31.3 Å². The first-order valence-electron chi connectivity index (χ1n) is 28.7. The van der Waals surface area contributed by atoms with Crippen molar-refractivity contribution in [2.75, 3.05) is 40.9 Å². The minimum Gasteiger partial charge on any atom is -0.756 e. The van der Waals surface area contributed by atoms with E-state index in [0.29, 0.717) is 23.9 Å². The zero-order valence-electron chi connectivity index (χ0n) is 46.2. The first-order valence-corrected chi connectivity index (χ1v) is 30.2. The van der Waals surface area contributed by atoms with Gasteiger partial charge in [0.15, 0.2) is 0 Å². The van der Waals surface area contributed by atoms with Crippen LogP contribution in [0.2, 0.25) is 0 Å². The van der Waals surface area contributed by atoms with Gasteiger partial charge in [0.25, 0.3) is 7.82 Å². The molecule has 0 spiro atoms. The summed E-state index contributed by atoms with van der Waals surface area (Å²) >= 11 is 0. The average molecular weight is 1000 g/mol. The fourth-order valence-electron chi connectivity index (χ4n) is 7.85. The zero-order valence-corrected chi connectivity index (χ0v) is 47.1. The van der Waals surface area contributed by atoms with Gasteiger partial charge in [-0.25, -0.2) is 0 Å². The fourth-order valence-corrected chi connectivity index (χ4v) is 8.57. The number of esters is 1. The fraction of sp³-hybridized carbons (Fsp3) is 0.767. The summed E-state index contributed by atoms with van der Waals surface area (Å²) in [5, 5.41) is 3.00. The molecule has 0 heterocycles. The van der Waals surface area contributed by atoms with E-state index in [1.54, 1.807) is 0 Å². The summed E-state index contributed by atoms with van der Waals surface area (Å²) < 4.78 is 30.2. The summed E-state index contributed by atoms with van der Waals surface area (Å²) in [5.74, 6) is -0.598. The summed E-state index contributed by atoms with van der Waals surface area (Å²) in [6.07, 6.45) is 63.0. The number of quaternary nitrogens is 1. The van der Waals surface area contributed by atoms with Gasteiger partial charge >= 0.3 is 5.97 Å². The smallest absolute Gasteiger partial charge is 0.306 e. The van der Waals surface area contributed by atoms with Crippen molar-refractivity contribution in [3.8, 4) is 0 Å². The second-order valence-electron chi connectivity index (χ2n) is 20.4. The highest BCUT2D eigenvalue weighted by atomic mass is 31.2. The van der Waals surface area contributed by atoms with Gasteiger partial charge in [0, 0.05) is 12.8 Å². The summed E-state index contributed by atoms with van der Waals surface area (Å²) in [6, 6.07) is -0.912. The van der Waals surface area contributed by atoms with Gasteiger partial charge in [-0.15, -0.1) is 0 Å². The van der Waals surface area contributed by atoms with E-state index in [2.05, 4.69) is 86.8 Å².